The van der Waals surface area contributed by atoms with Crippen LogP contribution in [-0.4, -0.2) is 53.9 Å². The van der Waals surface area contributed by atoms with Crippen LogP contribution in [0.3, 0.4) is 0 Å². The number of nitrogens with one attached hydrogen (secondary N) is 2. The average Bonchev–Trinajstić information content (AvgIpc) is 2.96. The molecule has 1 saturated heterocycles. The number of carboxylic acid groups (broad SMARTS) is 1. The number of rotatable bonds is 9. The Labute approximate surface area is 206 Å². The summed E-state index contributed by atoms with van der Waals surface area (Å²) in [6.45, 7) is 1.96. The highest BCUT2D eigenvalue weighted by molar-refractivity contribution is 9.10. The number of aliphatic hydroxyl groups is 1. The van der Waals surface area contributed by atoms with E-state index in [-0.39, 0.29) is 5.75 Å². The van der Waals surface area contributed by atoms with Crippen LogP contribution in [0.4, 0.5) is 0 Å². The molecule has 1 fully saturated rings. The maximum atomic E-state index is 13.5. The molecule has 2 aromatic rings. The molecule has 5 atom stereocenters. The highest BCUT2D eigenvalue weighted by Gasteiger charge is 2.56. The molecule has 12 nitrogen and oxygen atoms in total. The van der Waals surface area contributed by atoms with Gasteiger partial charge in [-0.3, -0.25) is 23.7 Å². The topological polar surface area (TPSA) is 169 Å². The van der Waals surface area contributed by atoms with Gasteiger partial charge < -0.3 is 19.5 Å². The van der Waals surface area contributed by atoms with Gasteiger partial charge in [0.25, 0.3) is 5.56 Å². The Balaban J connectivity index is 1.83. The summed E-state index contributed by atoms with van der Waals surface area (Å²) in [5, 5.41) is 22.5. The summed E-state index contributed by atoms with van der Waals surface area (Å²) in [7, 11) is -4.34. The van der Waals surface area contributed by atoms with Crippen molar-refractivity contribution in [1.29, 1.82) is 0 Å². The minimum Gasteiger partial charge on any atom is -0.480 e. The number of hydrogen-bond acceptors (Lipinski definition) is 8. The fourth-order valence-corrected chi connectivity index (χ4v) is 5.59. The van der Waals surface area contributed by atoms with Crippen molar-refractivity contribution in [2.45, 2.75) is 41.6 Å². The first kappa shape index (κ1) is 26.6. The van der Waals surface area contributed by atoms with Gasteiger partial charge in [0.1, 0.15) is 23.5 Å². The van der Waals surface area contributed by atoms with Crippen LogP contribution in [0.5, 0.6) is 5.75 Å². The molecular weight excluding hydrogens is 561 g/mol. The summed E-state index contributed by atoms with van der Waals surface area (Å²) in [5.41, 5.74) is -3.18. The van der Waals surface area contributed by atoms with E-state index in [4.69, 9.17) is 25.4 Å². The normalized spacial score (nSPS) is 26.7. The van der Waals surface area contributed by atoms with Gasteiger partial charge in [-0.1, -0.05) is 45.7 Å². The zero-order valence-corrected chi connectivity index (χ0v) is 21.1. The van der Waals surface area contributed by atoms with Crippen molar-refractivity contribution >= 4 is 41.2 Å². The van der Waals surface area contributed by atoms with E-state index in [1.807, 2.05) is 0 Å². The highest BCUT2D eigenvalue weighted by atomic mass is 79.9. The zero-order valence-electron chi connectivity index (χ0n) is 17.9. The number of para-hydroxylation sites is 1. The molecule has 186 valence electrons. The number of nitrogens with zero attached hydrogens (tertiary/aromatic N) is 1. The fourth-order valence-electron chi connectivity index (χ4n) is 2.98. The summed E-state index contributed by atoms with van der Waals surface area (Å²) in [6.07, 6.45) is -2.88. The summed E-state index contributed by atoms with van der Waals surface area (Å²) in [6, 6.07) is 8.99. The number of aromatic nitrogens is 2. The molecule has 0 spiro atoms. The molecule has 0 unspecified atom stereocenters. The van der Waals surface area contributed by atoms with E-state index in [2.05, 4.69) is 26.0 Å². The Bertz CT molecular complexity index is 1200. The minimum atomic E-state index is -4.34. The quantitative estimate of drug-likeness (QED) is 0.253. The lowest BCUT2D eigenvalue weighted by atomic mass is 10.1. The van der Waals surface area contributed by atoms with Gasteiger partial charge in [0.05, 0.1) is 6.61 Å². The van der Waals surface area contributed by atoms with E-state index in [0.717, 1.165) is 16.8 Å². The fraction of sp³-hybridized carbons (Fsp3) is 0.421. The van der Waals surface area contributed by atoms with Crippen molar-refractivity contribution in [2.24, 2.45) is 0 Å². The molecule has 4 N–H and O–H groups in total. The molecule has 34 heavy (non-hydrogen) atoms. The van der Waals surface area contributed by atoms with Crippen molar-refractivity contribution < 1.29 is 33.4 Å². The second kappa shape index (κ2) is 9.94. The monoisotopic (exact) mass is 581 g/mol. The van der Waals surface area contributed by atoms with Gasteiger partial charge in [0, 0.05) is 12.3 Å². The SMILES string of the molecule is CC(C)(N[P@@](=O)(OC[C@H]1O[C@@H](n2ccc(=O)[nH]c2=O)[C@](Cl)(Br)[C@@H]1O)Oc1ccccc1)C(=O)O. The molecule has 1 aromatic heterocycles. The summed E-state index contributed by atoms with van der Waals surface area (Å²) < 4.78 is 29.3. The van der Waals surface area contributed by atoms with Crippen LogP contribution in [0.1, 0.15) is 20.1 Å². The molecule has 2 heterocycles. The standard InChI is InChI=1S/C19H22BrClN3O9P/c1-18(2,16(27)28)23-34(30,33-11-6-4-3-5-7-11)31-10-12-14(26)19(20,21)15(32-12)24-9-8-13(25)22-17(24)29/h3-9,12,14-15,26H,10H2,1-2H3,(H,23,30)(H,27,28)(H,22,25,29)/t12-,14-,15-,19+,34-/m1/s1. The number of H-pyrrole nitrogens is 1. The number of halogens is 2. The lowest BCUT2D eigenvalue weighted by molar-refractivity contribution is -0.142. The molecule has 0 amide bonds. The van der Waals surface area contributed by atoms with Crippen molar-refractivity contribution in [3.63, 3.8) is 0 Å². The maximum absolute atomic E-state index is 13.5. The number of alkyl halides is 2. The molecule has 15 heteroatoms. The lowest BCUT2D eigenvalue weighted by Crippen LogP contribution is -2.46. The third-order valence-electron chi connectivity index (χ3n) is 4.81. The van der Waals surface area contributed by atoms with Crippen LogP contribution in [-0.2, 0) is 18.6 Å². The third-order valence-corrected chi connectivity index (χ3v) is 7.86. The first-order chi connectivity index (χ1) is 15.7. The van der Waals surface area contributed by atoms with Gasteiger partial charge in [0.2, 0.25) is 0 Å². The number of hydrogen-bond donors (Lipinski definition) is 4. The smallest absolute Gasteiger partial charge is 0.459 e. The highest BCUT2D eigenvalue weighted by Crippen LogP contribution is 2.50. The summed E-state index contributed by atoms with van der Waals surface area (Å²) >= 11 is 9.53. The molecule has 1 aromatic carbocycles. The van der Waals surface area contributed by atoms with E-state index in [0.29, 0.717) is 0 Å². The van der Waals surface area contributed by atoms with Crippen molar-refractivity contribution in [3.8, 4) is 5.75 Å². The molecule has 0 saturated carbocycles. The summed E-state index contributed by atoms with van der Waals surface area (Å²) in [4.78, 5) is 37.1. The van der Waals surface area contributed by atoms with E-state index >= 15 is 0 Å². The number of aliphatic hydroxyl groups excluding tert-OH is 1. The second-order valence-electron chi connectivity index (χ2n) is 7.90. The van der Waals surface area contributed by atoms with Crippen molar-refractivity contribution in [3.05, 3.63) is 63.4 Å². The van der Waals surface area contributed by atoms with E-state index in [1.165, 1.54) is 26.0 Å². The molecular formula is C19H22BrClN3O9P. The van der Waals surface area contributed by atoms with Gasteiger partial charge in [-0.15, -0.1) is 0 Å². The number of aromatic amines is 1. The van der Waals surface area contributed by atoms with E-state index in [9.17, 15) is 29.2 Å². The zero-order chi connectivity index (χ0) is 25.3. The Morgan fingerprint density at radius 3 is 2.59 bits per heavy atom. The molecule has 0 aliphatic carbocycles. The van der Waals surface area contributed by atoms with Crippen LogP contribution >= 0.6 is 35.3 Å². The third kappa shape index (κ3) is 5.80. The van der Waals surface area contributed by atoms with E-state index < -0.39 is 59.3 Å². The van der Waals surface area contributed by atoms with Crippen LogP contribution in [0, 0.1) is 0 Å². The van der Waals surface area contributed by atoms with Gasteiger partial charge in [-0.2, -0.15) is 5.09 Å². The van der Waals surface area contributed by atoms with Crippen LogP contribution in [0.25, 0.3) is 0 Å². The van der Waals surface area contributed by atoms with Crippen molar-refractivity contribution in [2.75, 3.05) is 6.61 Å². The van der Waals surface area contributed by atoms with Crippen LogP contribution in [0.15, 0.2) is 52.2 Å². The first-order valence-corrected chi connectivity index (χ1v) is 12.5. The van der Waals surface area contributed by atoms with Crippen LogP contribution in [0.2, 0.25) is 0 Å². The number of carboxylic acids is 1. The number of ether oxygens (including phenoxy) is 1. The number of aliphatic carboxylic acids is 1. The Morgan fingerprint density at radius 2 is 2.00 bits per heavy atom. The first-order valence-electron chi connectivity index (χ1n) is 9.80. The Morgan fingerprint density at radius 1 is 1.35 bits per heavy atom. The predicted molar refractivity (Wildman–Crippen MR) is 124 cm³/mol. The molecule has 0 radical (unpaired) electrons. The number of carbonyl (C=O) groups is 1. The molecule has 3 rings (SSSR count). The average molecular weight is 583 g/mol. The van der Waals surface area contributed by atoms with Crippen molar-refractivity contribution in [1.82, 2.24) is 14.6 Å². The largest absolute Gasteiger partial charge is 0.480 e. The van der Waals surface area contributed by atoms with Gasteiger partial charge >= 0.3 is 19.4 Å². The molecule has 1 aliphatic rings. The molecule has 0 bridgehead atoms. The molecule has 1 aliphatic heterocycles. The minimum absolute atomic E-state index is 0.136. The maximum Gasteiger partial charge on any atom is 0.459 e. The van der Waals surface area contributed by atoms with Gasteiger partial charge in [-0.05, 0) is 26.0 Å². The summed E-state index contributed by atoms with van der Waals surface area (Å²) in [5.74, 6) is -1.18. The Hall–Kier alpha value is -1.99. The van der Waals surface area contributed by atoms with Gasteiger partial charge in [0.15, 0.2) is 10.0 Å². The lowest BCUT2D eigenvalue weighted by Gasteiger charge is -2.28. The van der Waals surface area contributed by atoms with E-state index in [1.54, 1.807) is 18.2 Å². The predicted octanol–water partition coefficient (Wildman–Crippen LogP) is 1.78. The van der Waals surface area contributed by atoms with Crippen LogP contribution < -0.4 is 20.9 Å². The number of benzene rings is 1. The second-order valence-corrected chi connectivity index (χ2v) is 12.0. The Kier molecular flexibility index (Phi) is 7.78. The van der Waals surface area contributed by atoms with Gasteiger partial charge in [-0.25, -0.2) is 9.36 Å².